The van der Waals surface area contributed by atoms with Gasteiger partial charge in [-0.2, -0.15) is 0 Å². The van der Waals surface area contributed by atoms with Crippen molar-refractivity contribution in [2.75, 3.05) is 13.7 Å². The van der Waals surface area contributed by atoms with Crippen molar-refractivity contribution < 1.29 is 14.6 Å². The lowest BCUT2D eigenvalue weighted by atomic mass is 10.1. The molecule has 0 amide bonds. The van der Waals surface area contributed by atoms with Crippen molar-refractivity contribution in [3.05, 3.63) is 35.4 Å². The van der Waals surface area contributed by atoms with Crippen LogP contribution in [-0.2, 0) is 4.74 Å². The molecule has 1 saturated carbocycles. The Labute approximate surface area is 101 Å². The maximum absolute atomic E-state index is 11.2. The average molecular weight is 235 g/mol. The van der Waals surface area contributed by atoms with E-state index in [1.807, 2.05) is 0 Å². The molecule has 92 valence electrons. The monoisotopic (exact) mass is 235 g/mol. The highest BCUT2D eigenvalue weighted by Crippen LogP contribution is 2.20. The summed E-state index contributed by atoms with van der Waals surface area (Å²) in [6.45, 7) is 0.558. The van der Waals surface area contributed by atoms with Crippen LogP contribution in [0.4, 0.5) is 0 Å². The lowest BCUT2D eigenvalue weighted by molar-refractivity contribution is 0.0600. The van der Waals surface area contributed by atoms with Crippen molar-refractivity contribution in [3.63, 3.8) is 0 Å². The van der Waals surface area contributed by atoms with E-state index in [0.29, 0.717) is 18.2 Å². The second-order valence-electron chi connectivity index (χ2n) is 4.31. The first-order valence-electron chi connectivity index (χ1n) is 5.80. The van der Waals surface area contributed by atoms with Gasteiger partial charge in [-0.1, -0.05) is 12.1 Å². The number of aliphatic hydroxyl groups excluding tert-OH is 1. The van der Waals surface area contributed by atoms with Crippen LogP contribution >= 0.6 is 0 Å². The maximum Gasteiger partial charge on any atom is 0.337 e. The van der Waals surface area contributed by atoms with E-state index in [9.17, 15) is 9.90 Å². The van der Waals surface area contributed by atoms with Gasteiger partial charge in [0.1, 0.15) is 0 Å². The van der Waals surface area contributed by atoms with E-state index in [1.54, 1.807) is 24.3 Å². The third kappa shape index (κ3) is 3.28. The third-order valence-electron chi connectivity index (χ3n) is 2.89. The minimum atomic E-state index is -0.526. The zero-order chi connectivity index (χ0) is 12.3. The summed E-state index contributed by atoms with van der Waals surface area (Å²) in [6.07, 6.45) is 1.88. The molecule has 4 heteroatoms. The summed E-state index contributed by atoms with van der Waals surface area (Å²) >= 11 is 0. The topological polar surface area (TPSA) is 58.6 Å². The van der Waals surface area contributed by atoms with E-state index in [1.165, 1.54) is 20.0 Å². The Morgan fingerprint density at radius 2 is 2.12 bits per heavy atom. The molecule has 0 heterocycles. The third-order valence-corrected chi connectivity index (χ3v) is 2.89. The Kier molecular flexibility index (Phi) is 3.76. The van der Waals surface area contributed by atoms with Crippen molar-refractivity contribution in [1.29, 1.82) is 0 Å². The van der Waals surface area contributed by atoms with Crippen molar-refractivity contribution in [2.24, 2.45) is 0 Å². The molecule has 1 aromatic rings. The zero-order valence-corrected chi connectivity index (χ0v) is 9.85. The van der Waals surface area contributed by atoms with Gasteiger partial charge in [-0.25, -0.2) is 4.79 Å². The molecule has 0 aliphatic heterocycles. The molecule has 2 N–H and O–H groups in total. The number of esters is 1. The van der Waals surface area contributed by atoms with E-state index in [-0.39, 0.29) is 5.97 Å². The number of ether oxygens (including phenoxy) is 1. The second kappa shape index (κ2) is 5.29. The lowest BCUT2D eigenvalue weighted by Gasteiger charge is -2.12. The van der Waals surface area contributed by atoms with Crippen LogP contribution in [0.25, 0.3) is 0 Å². The Hall–Kier alpha value is -1.39. The highest BCUT2D eigenvalue weighted by atomic mass is 16.5. The van der Waals surface area contributed by atoms with Gasteiger partial charge in [-0.15, -0.1) is 0 Å². The number of hydrogen-bond acceptors (Lipinski definition) is 4. The maximum atomic E-state index is 11.2. The molecule has 0 bridgehead atoms. The van der Waals surface area contributed by atoms with Gasteiger partial charge in [0.25, 0.3) is 0 Å². The van der Waals surface area contributed by atoms with Gasteiger partial charge < -0.3 is 15.2 Å². The standard InChI is InChI=1S/C13H17NO3/c1-17-13(16)10-4-2-9(3-5-10)12(15)8-14-11-6-7-11/h2-5,11-12,14-15H,6-8H2,1H3. The minimum Gasteiger partial charge on any atom is -0.465 e. The molecular weight excluding hydrogens is 218 g/mol. The molecule has 4 nitrogen and oxygen atoms in total. The largest absolute Gasteiger partial charge is 0.465 e. The SMILES string of the molecule is COC(=O)c1ccc(C(O)CNC2CC2)cc1. The first kappa shape index (κ1) is 12.1. The Bertz CT molecular complexity index is 384. The van der Waals surface area contributed by atoms with Gasteiger partial charge in [0.05, 0.1) is 18.8 Å². The van der Waals surface area contributed by atoms with Crippen molar-refractivity contribution in [1.82, 2.24) is 5.32 Å². The Morgan fingerprint density at radius 1 is 1.47 bits per heavy atom. The number of carbonyl (C=O) groups is 1. The highest BCUT2D eigenvalue weighted by Gasteiger charge is 2.21. The van der Waals surface area contributed by atoms with E-state index in [0.717, 1.165) is 5.56 Å². The van der Waals surface area contributed by atoms with Crippen LogP contribution in [0.1, 0.15) is 34.9 Å². The summed E-state index contributed by atoms with van der Waals surface area (Å²) in [6, 6.07) is 7.43. The summed E-state index contributed by atoms with van der Waals surface area (Å²) in [7, 11) is 1.35. The number of nitrogens with one attached hydrogen (secondary N) is 1. The number of aliphatic hydroxyl groups is 1. The van der Waals surface area contributed by atoms with Gasteiger partial charge >= 0.3 is 5.97 Å². The molecule has 17 heavy (non-hydrogen) atoms. The quantitative estimate of drug-likeness (QED) is 0.754. The molecule has 0 radical (unpaired) electrons. The fourth-order valence-corrected chi connectivity index (χ4v) is 1.64. The summed E-state index contributed by atoms with van der Waals surface area (Å²) in [5.74, 6) is -0.359. The molecule has 0 spiro atoms. The van der Waals surface area contributed by atoms with Crippen LogP contribution in [0.15, 0.2) is 24.3 Å². The molecule has 2 rings (SSSR count). The fourth-order valence-electron chi connectivity index (χ4n) is 1.64. The van der Waals surface area contributed by atoms with Crippen LogP contribution in [0, 0.1) is 0 Å². The Morgan fingerprint density at radius 3 is 2.65 bits per heavy atom. The van der Waals surface area contributed by atoms with Crippen molar-refractivity contribution >= 4 is 5.97 Å². The average Bonchev–Trinajstić information content (AvgIpc) is 3.19. The first-order valence-corrected chi connectivity index (χ1v) is 5.80. The number of benzene rings is 1. The van der Waals surface area contributed by atoms with Crippen LogP contribution in [0.3, 0.4) is 0 Å². The number of hydrogen-bond donors (Lipinski definition) is 2. The minimum absolute atomic E-state index is 0.359. The molecule has 1 unspecified atom stereocenters. The lowest BCUT2D eigenvalue weighted by Crippen LogP contribution is -2.23. The number of rotatable bonds is 5. The molecule has 1 aliphatic carbocycles. The van der Waals surface area contributed by atoms with Crippen LogP contribution in [0.2, 0.25) is 0 Å². The summed E-state index contributed by atoms with van der Waals surface area (Å²) in [4.78, 5) is 11.2. The molecule has 0 saturated heterocycles. The van der Waals surface area contributed by atoms with Gasteiger partial charge in [0.15, 0.2) is 0 Å². The highest BCUT2D eigenvalue weighted by molar-refractivity contribution is 5.89. The van der Waals surface area contributed by atoms with Crippen LogP contribution < -0.4 is 5.32 Å². The van der Waals surface area contributed by atoms with Crippen molar-refractivity contribution in [3.8, 4) is 0 Å². The summed E-state index contributed by atoms with van der Waals surface area (Å²) in [5, 5.41) is 13.2. The van der Waals surface area contributed by atoms with Crippen LogP contribution in [0.5, 0.6) is 0 Å². The van der Waals surface area contributed by atoms with Gasteiger partial charge in [-0.3, -0.25) is 0 Å². The molecule has 1 aromatic carbocycles. The molecule has 1 atom stereocenters. The molecule has 1 fully saturated rings. The van der Waals surface area contributed by atoms with Gasteiger partial charge in [0, 0.05) is 12.6 Å². The Balaban J connectivity index is 1.93. The normalized spacial score (nSPS) is 16.6. The van der Waals surface area contributed by atoms with Gasteiger partial charge in [-0.05, 0) is 30.5 Å². The first-order chi connectivity index (χ1) is 8.20. The number of methoxy groups -OCH3 is 1. The summed E-state index contributed by atoms with van der Waals surface area (Å²) in [5.41, 5.74) is 1.31. The molecule has 1 aliphatic rings. The van der Waals surface area contributed by atoms with E-state index >= 15 is 0 Å². The molecule has 0 aromatic heterocycles. The van der Waals surface area contributed by atoms with Crippen LogP contribution in [-0.4, -0.2) is 30.8 Å². The van der Waals surface area contributed by atoms with E-state index < -0.39 is 6.10 Å². The molecular formula is C13H17NO3. The number of carbonyl (C=O) groups excluding carboxylic acids is 1. The van der Waals surface area contributed by atoms with Gasteiger partial charge in [0.2, 0.25) is 0 Å². The fraction of sp³-hybridized carbons (Fsp3) is 0.462. The predicted octanol–water partition coefficient (Wildman–Crippen LogP) is 1.26. The van der Waals surface area contributed by atoms with E-state index in [4.69, 9.17) is 0 Å². The zero-order valence-electron chi connectivity index (χ0n) is 9.85. The second-order valence-corrected chi connectivity index (χ2v) is 4.31. The van der Waals surface area contributed by atoms with Crippen molar-refractivity contribution in [2.45, 2.75) is 25.0 Å². The predicted molar refractivity (Wildman–Crippen MR) is 63.8 cm³/mol. The summed E-state index contributed by atoms with van der Waals surface area (Å²) < 4.78 is 4.61. The smallest absolute Gasteiger partial charge is 0.337 e. The van der Waals surface area contributed by atoms with E-state index in [2.05, 4.69) is 10.1 Å².